The predicted octanol–water partition coefficient (Wildman–Crippen LogP) is 3.47. The number of benzene rings is 2. The molecule has 2 aromatic rings. The molecule has 3 nitrogen and oxygen atoms in total. The quantitative estimate of drug-likeness (QED) is 0.913. The van der Waals surface area contributed by atoms with Gasteiger partial charge in [-0.25, -0.2) is 0 Å². The summed E-state index contributed by atoms with van der Waals surface area (Å²) in [5.41, 5.74) is 2.08. The van der Waals surface area contributed by atoms with E-state index in [0.717, 1.165) is 11.3 Å². The summed E-state index contributed by atoms with van der Waals surface area (Å²) in [6.07, 6.45) is 0. The largest absolute Gasteiger partial charge is 0.481 e. The maximum Gasteiger partial charge on any atom is 0.315 e. The monoisotopic (exact) mass is 283 g/mol. The number of hydrogen-bond acceptors (Lipinski definition) is 2. The first-order valence-electron chi connectivity index (χ1n) is 7.00. The van der Waals surface area contributed by atoms with E-state index in [1.807, 2.05) is 73.5 Å². The molecule has 0 aliphatic rings. The van der Waals surface area contributed by atoms with E-state index in [1.165, 1.54) is 5.56 Å². The van der Waals surface area contributed by atoms with Gasteiger partial charge in [0, 0.05) is 19.3 Å². The molecule has 0 fully saturated rings. The van der Waals surface area contributed by atoms with Gasteiger partial charge >= 0.3 is 5.97 Å². The van der Waals surface area contributed by atoms with Crippen molar-refractivity contribution in [1.82, 2.24) is 0 Å². The smallest absolute Gasteiger partial charge is 0.315 e. The molecule has 1 atom stereocenters. The topological polar surface area (TPSA) is 40.5 Å². The number of rotatable bonds is 5. The van der Waals surface area contributed by atoms with E-state index in [0.29, 0.717) is 6.54 Å². The van der Waals surface area contributed by atoms with Crippen LogP contribution in [-0.4, -0.2) is 24.7 Å². The molecule has 0 aromatic heterocycles. The zero-order valence-corrected chi connectivity index (χ0v) is 12.7. The molecule has 3 heteroatoms. The van der Waals surface area contributed by atoms with Crippen molar-refractivity contribution in [3.05, 3.63) is 65.7 Å². The molecule has 21 heavy (non-hydrogen) atoms. The van der Waals surface area contributed by atoms with E-state index in [2.05, 4.69) is 0 Å². The van der Waals surface area contributed by atoms with Crippen molar-refractivity contribution in [1.29, 1.82) is 0 Å². The number of carboxylic acids is 1. The van der Waals surface area contributed by atoms with Crippen molar-refractivity contribution in [2.75, 3.05) is 18.5 Å². The first-order valence-corrected chi connectivity index (χ1v) is 7.00. The highest BCUT2D eigenvalue weighted by Gasteiger charge is 2.36. The second kappa shape index (κ2) is 6.00. The molecule has 0 aliphatic carbocycles. The van der Waals surface area contributed by atoms with Gasteiger partial charge in [0.05, 0.1) is 0 Å². The molecule has 0 heterocycles. The minimum absolute atomic E-state index is 0.412. The molecule has 0 bridgehead atoms. The fourth-order valence-electron chi connectivity index (χ4n) is 2.45. The zero-order chi connectivity index (χ0) is 15.5. The van der Waals surface area contributed by atoms with Crippen LogP contribution < -0.4 is 4.90 Å². The van der Waals surface area contributed by atoms with Crippen LogP contribution >= 0.6 is 0 Å². The minimum atomic E-state index is -0.944. The van der Waals surface area contributed by atoms with Crippen LogP contribution in [0.3, 0.4) is 0 Å². The fraction of sp³-hybridized carbons (Fsp3) is 0.278. The molecule has 0 saturated carbocycles. The van der Waals surface area contributed by atoms with Crippen LogP contribution in [0.25, 0.3) is 0 Å². The van der Waals surface area contributed by atoms with E-state index < -0.39 is 11.4 Å². The minimum Gasteiger partial charge on any atom is -0.481 e. The SMILES string of the molecule is Cc1ccc(N(C)CC(C)(C(=O)O)c2ccccc2)cc1. The number of hydrogen-bond donors (Lipinski definition) is 1. The van der Waals surface area contributed by atoms with Gasteiger partial charge < -0.3 is 10.0 Å². The van der Waals surface area contributed by atoms with Crippen molar-refractivity contribution in [3.8, 4) is 0 Å². The van der Waals surface area contributed by atoms with Gasteiger partial charge in [0.2, 0.25) is 0 Å². The molecule has 0 saturated heterocycles. The number of aryl methyl sites for hydroxylation is 1. The lowest BCUT2D eigenvalue weighted by Crippen LogP contribution is -2.43. The van der Waals surface area contributed by atoms with Crippen LogP contribution in [0.15, 0.2) is 54.6 Å². The van der Waals surface area contributed by atoms with E-state index in [1.54, 1.807) is 6.92 Å². The Morgan fingerprint density at radius 3 is 2.19 bits per heavy atom. The highest BCUT2D eigenvalue weighted by Crippen LogP contribution is 2.27. The summed E-state index contributed by atoms with van der Waals surface area (Å²) in [6, 6.07) is 17.5. The van der Waals surface area contributed by atoms with Gasteiger partial charge in [-0.3, -0.25) is 4.79 Å². The number of likely N-dealkylation sites (N-methyl/N-ethyl adjacent to an activating group) is 1. The third kappa shape index (κ3) is 3.24. The van der Waals surface area contributed by atoms with Gasteiger partial charge in [-0.2, -0.15) is 0 Å². The Bertz CT molecular complexity index is 607. The number of carbonyl (C=O) groups is 1. The average molecular weight is 283 g/mol. The number of anilines is 1. The molecular formula is C18H21NO2. The van der Waals surface area contributed by atoms with Crippen LogP contribution in [-0.2, 0) is 10.2 Å². The maximum atomic E-state index is 11.8. The summed E-state index contributed by atoms with van der Waals surface area (Å²) in [4.78, 5) is 13.8. The lowest BCUT2D eigenvalue weighted by atomic mass is 9.82. The number of nitrogens with zero attached hydrogens (tertiary/aromatic N) is 1. The molecule has 0 aliphatic heterocycles. The Morgan fingerprint density at radius 1 is 1.10 bits per heavy atom. The molecule has 0 spiro atoms. The zero-order valence-electron chi connectivity index (χ0n) is 12.7. The average Bonchev–Trinajstić information content (AvgIpc) is 2.48. The first kappa shape index (κ1) is 15.1. The van der Waals surface area contributed by atoms with Crippen molar-refractivity contribution >= 4 is 11.7 Å². The maximum absolute atomic E-state index is 11.8. The van der Waals surface area contributed by atoms with Crippen molar-refractivity contribution < 1.29 is 9.90 Å². The summed E-state index contributed by atoms with van der Waals surface area (Å²) in [7, 11) is 1.93. The fourth-order valence-corrected chi connectivity index (χ4v) is 2.45. The molecule has 0 amide bonds. The van der Waals surface area contributed by atoms with E-state index >= 15 is 0 Å². The van der Waals surface area contributed by atoms with Crippen LogP contribution in [0.5, 0.6) is 0 Å². The standard InChI is InChI=1S/C18H21NO2/c1-14-9-11-16(12-10-14)19(3)13-18(2,17(20)21)15-7-5-4-6-8-15/h4-12H,13H2,1-3H3,(H,20,21). The van der Waals surface area contributed by atoms with Crippen molar-refractivity contribution in [2.24, 2.45) is 0 Å². The summed E-state index contributed by atoms with van der Waals surface area (Å²) in [5.74, 6) is -0.812. The van der Waals surface area contributed by atoms with E-state index in [4.69, 9.17) is 0 Å². The number of aliphatic carboxylic acids is 1. The normalized spacial score (nSPS) is 13.5. The Kier molecular flexibility index (Phi) is 4.32. The Labute approximate surface area is 125 Å². The molecule has 2 rings (SSSR count). The second-order valence-corrected chi connectivity index (χ2v) is 5.69. The van der Waals surface area contributed by atoms with Crippen molar-refractivity contribution in [3.63, 3.8) is 0 Å². The number of carboxylic acid groups (broad SMARTS) is 1. The summed E-state index contributed by atoms with van der Waals surface area (Å²) in [5, 5.41) is 9.70. The van der Waals surface area contributed by atoms with Gasteiger partial charge in [-0.05, 0) is 31.5 Å². The third-order valence-corrected chi connectivity index (χ3v) is 3.91. The van der Waals surface area contributed by atoms with Gasteiger partial charge in [0.15, 0.2) is 0 Å². The van der Waals surface area contributed by atoms with Crippen LogP contribution in [0.4, 0.5) is 5.69 Å². The van der Waals surface area contributed by atoms with Gasteiger partial charge in [-0.15, -0.1) is 0 Å². The summed E-state index contributed by atoms with van der Waals surface area (Å²) >= 11 is 0. The molecule has 110 valence electrons. The predicted molar refractivity (Wildman–Crippen MR) is 85.9 cm³/mol. The van der Waals surface area contributed by atoms with Gasteiger partial charge in [0.25, 0.3) is 0 Å². The van der Waals surface area contributed by atoms with Crippen LogP contribution in [0, 0.1) is 6.92 Å². The second-order valence-electron chi connectivity index (χ2n) is 5.69. The lowest BCUT2D eigenvalue weighted by Gasteiger charge is -2.32. The van der Waals surface area contributed by atoms with Crippen LogP contribution in [0.2, 0.25) is 0 Å². The van der Waals surface area contributed by atoms with E-state index in [9.17, 15) is 9.90 Å². The Balaban J connectivity index is 2.28. The first-order chi connectivity index (χ1) is 9.93. The highest BCUT2D eigenvalue weighted by atomic mass is 16.4. The molecule has 1 N–H and O–H groups in total. The summed E-state index contributed by atoms with van der Waals surface area (Å²) in [6.45, 7) is 4.22. The van der Waals surface area contributed by atoms with Crippen molar-refractivity contribution in [2.45, 2.75) is 19.3 Å². The lowest BCUT2D eigenvalue weighted by molar-refractivity contribution is -0.142. The molecule has 1 unspecified atom stereocenters. The molecule has 2 aromatic carbocycles. The molecule has 0 radical (unpaired) electrons. The van der Waals surface area contributed by atoms with Gasteiger partial charge in [0.1, 0.15) is 5.41 Å². The van der Waals surface area contributed by atoms with E-state index in [-0.39, 0.29) is 0 Å². The Hall–Kier alpha value is -2.29. The summed E-state index contributed by atoms with van der Waals surface area (Å²) < 4.78 is 0. The Morgan fingerprint density at radius 2 is 1.67 bits per heavy atom. The third-order valence-electron chi connectivity index (χ3n) is 3.91. The van der Waals surface area contributed by atoms with Crippen LogP contribution in [0.1, 0.15) is 18.1 Å². The molecular weight excluding hydrogens is 262 g/mol. The van der Waals surface area contributed by atoms with Gasteiger partial charge in [-0.1, -0.05) is 48.0 Å². The highest BCUT2D eigenvalue weighted by molar-refractivity contribution is 5.82.